The van der Waals surface area contributed by atoms with Gasteiger partial charge in [0.15, 0.2) is 6.61 Å². The molecule has 8 nitrogen and oxygen atoms in total. The Morgan fingerprint density at radius 2 is 1.77 bits per heavy atom. The van der Waals surface area contributed by atoms with Crippen molar-refractivity contribution in [3.63, 3.8) is 0 Å². The van der Waals surface area contributed by atoms with Gasteiger partial charge in [0, 0.05) is 13.1 Å². The molecule has 1 spiro atoms. The number of imide groups is 1. The molecule has 190 valence electrons. The monoisotopic (exact) mass is 483 g/mol. The van der Waals surface area contributed by atoms with Crippen molar-refractivity contribution in [1.82, 2.24) is 15.1 Å². The topological polar surface area (TPSA) is 96.0 Å². The van der Waals surface area contributed by atoms with Crippen LogP contribution < -0.4 is 5.32 Å². The smallest absolute Gasteiger partial charge is 0.326 e. The molecule has 0 aromatic heterocycles. The van der Waals surface area contributed by atoms with Crippen LogP contribution in [0.4, 0.5) is 4.79 Å². The van der Waals surface area contributed by atoms with Crippen molar-refractivity contribution < 1.29 is 23.9 Å². The van der Waals surface area contributed by atoms with Crippen molar-refractivity contribution in [2.75, 3.05) is 26.2 Å². The highest BCUT2D eigenvalue weighted by Crippen LogP contribution is 2.46. The average Bonchev–Trinajstić information content (AvgIpc) is 3.00. The number of amides is 4. The van der Waals surface area contributed by atoms with Crippen molar-refractivity contribution in [2.45, 2.75) is 64.8 Å². The van der Waals surface area contributed by atoms with E-state index in [0.717, 1.165) is 30.6 Å². The summed E-state index contributed by atoms with van der Waals surface area (Å²) in [6.07, 6.45) is 4.90. The summed E-state index contributed by atoms with van der Waals surface area (Å²) in [5, 5.41) is 2.85. The number of benzene rings is 1. The number of ether oxygens (including phenoxy) is 1. The van der Waals surface area contributed by atoms with E-state index >= 15 is 0 Å². The molecule has 3 fully saturated rings. The molecule has 0 radical (unpaired) electrons. The van der Waals surface area contributed by atoms with Gasteiger partial charge < -0.3 is 15.0 Å². The van der Waals surface area contributed by atoms with Crippen molar-refractivity contribution in [2.24, 2.45) is 17.3 Å². The molecule has 1 aliphatic carbocycles. The van der Waals surface area contributed by atoms with Crippen LogP contribution in [-0.2, 0) is 25.5 Å². The van der Waals surface area contributed by atoms with Crippen LogP contribution in [0.5, 0.6) is 0 Å². The zero-order chi connectivity index (χ0) is 25.2. The molecule has 1 aromatic carbocycles. The van der Waals surface area contributed by atoms with Crippen LogP contribution in [0.15, 0.2) is 30.3 Å². The van der Waals surface area contributed by atoms with Crippen LogP contribution >= 0.6 is 0 Å². The Kier molecular flexibility index (Phi) is 7.20. The van der Waals surface area contributed by atoms with E-state index in [1.165, 1.54) is 5.56 Å². The molecule has 2 atom stereocenters. The van der Waals surface area contributed by atoms with Crippen molar-refractivity contribution in [1.29, 1.82) is 0 Å². The van der Waals surface area contributed by atoms with Crippen LogP contribution in [0.2, 0.25) is 0 Å². The lowest BCUT2D eigenvalue weighted by atomic mass is 9.64. The highest BCUT2D eigenvalue weighted by Gasteiger charge is 2.56. The third kappa shape index (κ3) is 5.85. The molecule has 1 aromatic rings. The minimum Gasteiger partial charge on any atom is -0.454 e. The first-order valence-corrected chi connectivity index (χ1v) is 12.7. The van der Waals surface area contributed by atoms with Gasteiger partial charge in [0.05, 0.1) is 0 Å². The van der Waals surface area contributed by atoms with Gasteiger partial charge in [-0.1, -0.05) is 51.1 Å². The van der Waals surface area contributed by atoms with E-state index in [-0.39, 0.29) is 29.8 Å². The van der Waals surface area contributed by atoms with E-state index in [1.54, 1.807) is 4.90 Å². The molecule has 8 heteroatoms. The van der Waals surface area contributed by atoms with Gasteiger partial charge in [0.2, 0.25) is 0 Å². The van der Waals surface area contributed by atoms with E-state index in [9.17, 15) is 19.2 Å². The predicted molar refractivity (Wildman–Crippen MR) is 130 cm³/mol. The Bertz CT molecular complexity index is 970. The number of piperidine rings is 1. The summed E-state index contributed by atoms with van der Waals surface area (Å²) in [5.41, 5.74) is 0.260. The number of esters is 1. The van der Waals surface area contributed by atoms with E-state index in [0.29, 0.717) is 31.8 Å². The molecular weight excluding hydrogens is 446 g/mol. The van der Waals surface area contributed by atoms with Crippen LogP contribution in [0.1, 0.15) is 58.4 Å². The third-order valence-electron chi connectivity index (χ3n) is 7.60. The number of carbonyl (C=O) groups is 4. The second-order valence-corrected chi connectivity index (χ2v) is 11.4. The number of rotatable bonds is 6. The SMILES string of the molecule is C[C@@H]1CC(C)(C)C[C@]2(C1)NC(=O)N(CC(=O)OCC(=O)N1CCC(Cc3ccccc3)CC1)C2=O. The normalized spacial score (nSPS) is 26.7. The minimum atomic E-state index is -0.960. The molecule has 4 amide bonds. The van der Waals surface area contributed by atoms with Gasteiger partial charge >= 0.3 is 12.0 Å². The Hall–Kier alpha value is -2.90. The van der Waals surface area contributed by atoms with E-state index in [2.05, 4.69) is 38.2 Å². The first-order valence-electron chi connectivity index (χ1n) is 12.7. The van der Waals surface area contributed by atoms with Crippen LogP contribution in [0.3, 0.4) is 0 Å². The van der Waals surface area contributed by atoms with Gasteiger partial charge in [-0.2, -0.15) is 0 Å². The van der Waals surface area contributed by atoms with Crippen LogP contribution in [0, 0.1) is 17.3 Å². The van der Waals surface area contributed by atoms with E-state index < -0.39 is 24.1 Å². The number of hydrogen-bond acceptors (Lipinski definition) is 5. The summed E-state index contributed by atoms with van der Waals surface area (Å²) in [6, 6.07) is 9.77. The molecule has 2 aliphatic heterocycles. The minimum absolute atomic E-state index is 0.0852. The maximum Gasteiger partial charge on any atom is 0.326 e. The van der Waals surface area contributed by atoms with Crippen molar-refractivity contribution in [3.8, 4) is 0 Å². The maximum atomic E-state index is 13.2. The molecule has 1 saturated carbocycles. The van der Waals surface area contributed by atoms with Gasteiger partial charge in [-0.3, -0.25) is 19.3 Å². The summed E-state index contributed by atoms with van der Waals surface area (Å²) in [5.74, 6) is -0.548. The Morgan fingerprint density at radius 1 is 1.09 bits per heavy atom. The zero-order valence-electron chi connectivity index (χ0n) is 21.0. The summed E-state index contributed by atoms with van der Waals surface area (Å²) >= 11 is 0. The fraction of sp³-hybridized carbons (Fsp3) is 0.630. The second kappa shape index (κ2) is 9.99. The summed E-state index contributed by atoms with van der Waals surface area (Å²) in [7, 11) is 0. The van der Waals surface area contributed by atoms with Gasteiger partial charge in [-0.15, -0.1) is 0 Å². The van der Waals surface area contributed by atoms with Crippen molar-refractivity contribution in [3.05, 3.63) is 35.9 Å². The standard InChI is InChI=1S/C27H37N3O5/c1-19-14-26(2,3)18-27(15-19)24(33)30(25(34)28-27)16-23(32)35-17-22(31)29-11-9-21(10-12-29)13-20-7-5-4-6-8-20/h4-8,19,21H,9-18H2,1-3H3,(H,28,34)/t19-,27+/m1/s1. The lowest BCUT2D eigenvalue weighted by molar-refractivity contribution is -0.154. The predicted octanol–water partition coefficient (Wildman–Crippen LogP) is 3.15. The first-order chi connectivity index (χ1) is 16.6. The second-order valence-electron chi connectivity index (χ2n) is 11.4. The zero-order valence-corrected chi connectivity index (χ0v) is 21.0. The maximum absolute atomic E-state index is 13.2. The molecule has 35 heavy (non-hydrogen) atoms. The third-order valence-corrected chi connectivity index (χ3v) is 7.60. The van der Waals surface area contributed by atoms with E-state index in [1.807, 2.05) is 18.2 Å². The van der Waals surface area contributed by atoms with Crippen LogP contribution in [0.25, 0.3) is 0 Å². The van der Waals surface area contributed by atoms with Crippen LogP contribution in [-0.4, -0.2) is 65.4 Å². The Morgan fingerprint density at radius 3 is 2.43 bits per heavy atom. The number of urea groups is 1. The Labute approximate surface area is 207 Å². The molecule has 2 heterocycles. The molecule has 1 N–H and O–H groups in total. The molecule has 2 saturated heterocycles. The van der Waals surface area contributed by atoms with E-state index in [4.69, 9.17) is 4.74 Å². The molecular formula is C27H37N3O5. The van der Waals surface area contributed by atoms with Crippen molar-refractivity contribution >= 4 is 23.8 Å². The van der Waals surface area contributed by atoms with Gasteiger partial charge in [0.1, 0.15) is 12.1 Å². The first kappa shape index (κ1) is 25.2. The lowest BCUT2D eigenvalue weighted by Crippen LogP contribution is -2.54. The van der Waals surface area contributed by atoms with Gasteiger partial charge in [0.25, 0.3) is 11.8 Å². The van der Waals surface area contributed by atoms with Gasteiger partial charge in [-0.25, -0.2) is 4.79 Å². The number of nitrogens with zero attached hydrogens (tertiary/aromatic N) is 2. The fourth-order valence-corrected chi connectivity index (χ4v) is 6.39. The quantitative estimate of drug-likeness (QED) is 0.495. The molecule has 0 unspecified atom stereocenters. The number of carbonyl (C=O) groups excluding carboxylic acids is 4. The average molecular weight is 484 g/mol. The molecule has 3 aliphatic rings. The summed E-state index contributed by atoms with van der Waals surface area (Å²) in [4.78, 5) is 53.4. The highest BCUT2D eigenvalue weighted by atomic mass is 16.5. The number of likely N-dealkylation sites (tertiary alicyclic amines) is 1. The number of nitrogens with one attached hydrogen (secondary N) is 1. The summed E-state index contributed by atoms with van der Waals surface area (Å²) < 4.78 is 5.17. The fourth-order valence-electron chi connectivity index (χ4n) is 6.39. The lowest BCUT2D eigenvalue weighted by Gasteiger charge is -2.43. The summed E-state index contributed by atoms with van der Waals surface area (Å²) in [6.45, 7) is 6.69. The number of hydrogen-bond donors (Lipinski definition) is 1. The molecule has 0 bridgehead atoms. The largest absolute Gasteiger partial charge is 0.454 e. The molecule has 4 rings (SSSR count). The highest BCUT2D eigenvalue weighted by molar-refractivity contribution is 6.08. The Balaban J connectivity index is 1.23. The van der Waals surface area contributed by atoms with Gasteiger partial charge in [-0.05, 0) is 61.3 Å².